The average molecular weight is 278 g/mol. The van der Waals surface area contributed by atoms with Gasteiger partial charge in [-0.25, -0.2) is 4.79 Å². The summed E-state index contributed by atoms with van der Waals surface area (Å²) < 4.78 is 4.48. The lowest BCUT2D eigenvalue weighted by Crippen LogP contribution is -2.01. The van der Waals surface area contributed by atoms with E-state index in [1.165, 1.54) is 31.2 Å². The van der Waals surface area contributed by atoms with Crippen LogP contribution >= 0.6 is 0 Å². The zero-order valence-electron chi connectivity index (χ0n) is 12.4. The molecule has 1 aromatic rings. The van der Waals surface area contributed by atoms with E-state index in [1.807, 2.05) is 0 Å². The van der Waals surface area contributed by atoms with Crippen molar-refractivity contribution in [1.29, 1.82) is 0 Å². The summed E-state index contributed by atoms with van der Waals surface area (Å²) in [5.74, 6) is 0.673. The van der Waals surface area contributed by atoms with Crippen molar-refractivity contribution < 1.29 is 14.6 Å². The molecule has 112 valence electrons. The summed E-state index contributed by atoms with van der Waals surface area (Å²) in [7, 11) is 0. The van der Waals surface area contributed by atoms with Gasteiger partial charge in [0.1, 0.15) is 0 Å². The summed E-state index contributed by atoms with van der Waals surface area (Å²) in [6.07, 6.45) is 6.77. The molecular formula is C17H26O3. The van der Waals surface area contributed by atoms with E-state index in [0.29, 0.717) is 12.5 Å². The number of hydrogen-bond acceptors (Lipinski definition) is 2. The van der Waals surface area contributed by atoms with Crippen LogP contribution in [0.3, 0.4) is 0 Å². The number of rotatable bonds is 10. The highest BCUT2D eigenvalue weighted by molar-refractivity contribution is 5.56. The van der Waals surface area contributed by atoms with Crippen LogP contribution in [0.25, 0.3) is 0 Å². The van der Waals surface area contributed by atoms with Gasteiger partial charge in [0.15, 0.2) is 0 Å². The van der Waals surface area contributed by atoms with E-state index in [4.69, 9.17) is 5.11 Å². The summed E-state index contributed by atoms with van der Waals surface area (Å²) in [4.78, 5) is 10.2. The van der Waals surface area contributed by atoms with Crippen molar-refractivity contribution in [3.8, 4) is 0 Å². The molecule has 1 unspecified atom stereocenters. The third kappa shape index (κ3) is 7.17. The topological polar surface area (TPSA) is 46.5 Å². The molecule has 3 heteroatoms. The van der Waals surface area contributed by atoms with E-state index >= 15 is 0 Å². The second kappa shape index (κ2) is 10.3. The van der Waals surface area contributed by atoms with Crippen LogP contribution in [0.5, 0.6) is 0 Å². The largest absolute Gasteiger partial charge is 0.505 e. The monoisotopic (exact) mass is 278 g/mol. The molecule has 1 aromatic carbocycles. The maximum atomic E-state index is 10.2. The highest BCUT2D eigenvalue weighted by Gasteiger charge is 2.08. The first kappa shape index (κ1) is 16.5. The molecule has 0 aromatic heterocycles. The van der Waals surface area contributed by atoms with Crippen LogP contribution in [0.1, 0.15) is 63.4 Å². The minimum Gasteiger partial charge on any atom is -0.450 e. The Kier molecular flexibility index (Phi) is 8.52. The molecule has 0 saturated heterocycles. The van der Waals surface area contributed by atoms with Crippen LogP contribution in [-0.4, -0.2) is 17.9 Å². The Morgan fingerprint density at radius 1 is 1.10 bits per heavy atom. The van der Waals surface area contributed by atoms with Gasteiger partial charge in [-0.3, -0.25) is 0 Å². The first-order valence-electron chi connectivity index (χ1n) is 7.64. The van der Waals surface area contributed by atoms with Gasteiger partial charge >= 0.3 is 6.16 Å². The van der Waals surface area contributed by atoms with E-state index in [1.54, 1.807) is 0 Å². The number of ether oxygens (including phenoxy) is 1. The Morgan fingerprint density at radius 3 is 2.40 bits per heavy atom. The first-order valence-corrected chi connectivity index (χ1v) is 7.64. The zero-order valence-corrected chi connectivity index (χ0v) is 12.4. The van der Waals surface area contributed by atoms with Gasteiger partial charge in [0.05, 0.1) is 6.61 Å². The molecular weight excluding hydrogens is 252 g/mol. The maximum absolute atomic E-state index is 10.2. The van der Waals surface area contributed by atoms with Gasteiger partial charge in [-0.1, -0.05) is 62.9 Å². The Hall–Kier alpha value is -1.51. The fourth-order valence-corrected chi connectivity index (χ4v) is 2.51. The third-order valence-corrected chi connectivity index (χ3v) is 3.69. The first-order chi connectivity index (χ1) is 9.74. The van der Waals surface area contributed by atoms with Gasteiger partial charge in [-0.15, -0.1) is 0 Å². The van der Waals surface area contributed by atoms with Gasteiger partial charge < -0.3 is 9.84 Å². The average Bonchev–Trinajstić information content (AvgIpc) is 2.46. The molecule has 1 N–H and O–H groups in total. The second-order valence-corrected chi connectivity index (χ2v) is 5.19. The van der Waals surface area contributed by atoms with Crippen molar-refractivity contribution in [2.24, 2.45) is 0 Å². The molecule has 20 heavy (non-hydrogen) atoms. The van der Waals surface area contributed by atoms with Gasteiger partial charge in [0, 0.05) is 0 Å². The molecule has 0 bridgehead atoms. The van der Waals surface area contributed by atoms with Gasteiger partial charge in [-0.2, -0.15) is 0 Å². The van der Waals surface area contributed by atoms with Crippen molar-refractivity contribution in [3.63, 3.8) is 0 Å². The van der Waals surface area contributed by atoms with Crippen molar-refractivity contribution in [2.45, 2.75) is 57.8 Å². The van der Waals surface area contributed by atoms with Crippen LogP contribution < -0.4 is 0 Å². The van der Waals surface area contributed by atoms with Crippen molar-refractivity contribution in [1.82, 2.24) is 0 Å². The SMILES string of the molecule is CCC(CCCCCCCOC(=O)O)c1ccccc1. The molecule has 0 saturated carbocycles. The second-order valence-electron chi connectivity index (χ2n) is 5.19. The van der Waals surface area contributed by atoms with E-state index < -0.39 is 6.16 Å². The van der Waals surface area contributed by atoms with Crippen LogP contribution in [0.15, 0.2) is 30.3 Å². The quantitative estimate of drug-likeness (QED) is 0.471. The standard InChI is InChI=1S/C17H26O3/c1-2-15(16-12-8-6-9-13-16)11-7-4-3-5-10-14-20-17(18)19/h6,8-9,12-13,15H,2-5,7,10-11,14H2,1H3,(H,18,19). The summed E-state index contributed by atoms with van der Waals surface area (Å²) in [5, 5.41) is 8.33. The Bertz CT molecular complexity index is 362. The Morgan fingerprint density at radius 2 is 1.75 bits per heavy atom. The number of benzene rings is 1. The predicted molar refractivity (Wildman–Crippen MR) is 81.2 cm³/mol. The van der Waals surface area contributed by atoms with Crippen LogP contribution in [0.2, 0.25) is 0 Å². The van der Waals surface area contributed by atoms with Crippen LogP contribution in [0.4, 0.5) is 4.79 Å². The summed E-state index contributed by atoms with van der Waals surface area (Å²) in [6.45, 7) is 2.58. The van der Waals surface area contributed by atoms with Crippen LogP contribution in [0, 0.1) is 0 Å². The highest BCUT2D eigenvalue weighted by Crippen LogP contribution is 2.25. The Labute approximate surface area is 122 Å². The van der Waals surface area contributed by atoms with Gasteiger partial charge in [0.25, 0.3) is 0 Å². The van der Waals surface area contributed by atoms with E-state index in [-0.39, 0.29) is 0 Å². The fourth-order valence-electron chi connectivity index (χ4n) is 2.51. The smallest absolute Gasteiger partial charge is 0.450 e. The Balaban J connectivity index is 2.06. The van der Waals surface area contributed by atoms with E-state index in [2.05, 4.69) is 42.0 Å². The molecule has 0 aliphatic heterocycles. The molecule has 1 atom stereocenters. The highest BCUT2D eigenvalue weighted by atomic mass is 16.7. The molecule has 1 rings (SSSR count). The minimum atomic E-state index is -1.17. The number of unbranched alkanes of at least 4 members (excludes halogenated alkanes) is 4. The molecule has 0 aliphatic carbocycles. The molecule has 0 amide bonds. The number of carboxylic acid groups (broad SMARTS) is 1. The molecule has 0 heterocycles. The van der Waals surface area contributed by atoms with Crippen molar-refractivity contribution in [3.05, 3.63) is 35.9 Å². The van der Waals surface area contributed by atoms with Gasteiger partial charge in [-0.05, 0) is 30.7 Å². The summed E-state index contributed by atoms with van der Waals surface area (Å²) in [5.41, 5.74) is 1.45. The third-order valence-electron chi connectivity index (χ3n) is 3.69. The normalized spacial score (nSPS) is 12.1. The lowest BCUT2D eigenvalue weighted by Gasteiger charge is -2.15. The van der Waals surface area contributed by atoms with Crippen LogP contribution in [-0.2, 0) is 4.74 Å². The molecule has 3 nitrogen and oxygen atoms in total. The molecule has 0 aliphatic rings. The lowest BCUT2D eigenvalue weighted by molar-refractivity contribution is 0.0899. The summed E-state index contributed by atoms with van der Waals surface area (Å²) >= 11 is 0. The molecule has 0 spiro atoms. The maximum Gasteiger partial charge on any atom is 0.505 e. The minimum absolute atomic E-state index is 0.330. The van der Waals surface area contributed by atoms with Crippen molar-refractivity contribution in [2.75, 3.05) is 6.61 Å². The van der Waals surface area contributed by atoms with Gasteiger partial charge in [0.2, 0.25) is 0 Å². The predicted octanol–water partition coefficient (Wildman–Crippen LogP) is 5.22. The zero-order chi connectivity index (χ0) is 14.6. The molecule has 0 fully saturated rings. The van der Waals surface area contributed by atoms with E-state index in [9.17, 15) is 4.79 Å². The van der Waals surface area contributed by atoms with E-state index in [0.717, 1.165) is 19.3 Å². The number of hydrogen-bond donors (Lipinski definition) is 1. The van der Waals surface area contributed by atoms with Crippen molar-refractivity contribution >= 4 is 6.16 Å². The lowest BCUT2D eigenvalue weighted by atomic mass is 9.91. The molecule has 0 radical (unpaired) electrons. The number of carbonyl (C=O) groups is 1. The summed E-state index contributed by atoms with van der Waals surface area (Å²) in [6, 6.07) is 10.7. The fraction of sp³-hybridized carbons (Fsp3) is 0.588.